The summed E-state index contributed by atoms with van der Waals surface area (Å²) in [4.78, 5) is 59.4. The summed E-state index contributed by atoms with van der Waals surface area (Å²) in [5, 5.41) is 58.9. The normalized spacial score (nSPS) is 16.6. The Bertz CT molecular complexity index is 4640. The van der Waals surface area contributed by atoms with Crippen LogP contribution >= 0.6 is 12.4 Å². The van der Waals surface area contributed by atoms with Crippen LogP contribution in [0.2, 0.25) is 39.3 Å². The molecule has 0 aromatic heterocycles. The van der Waals surface area contributed by atoms with Crippen LogP contribution in [0.1, 0.15) is 101 Å². The maximum atomic E-state index is 11.7. The summed E-state index contributed by atoms with van der Waals surface area (Å²) in [5.74, 6) is -1.95. The van der Waals surface area contributed by atoms with Gasteiger partial charge in [-0.3, -0.25) is 34.1 Å². The van der Waals surface area contributed by atoms with E-state index >= 15 is 0 Å². The van der Waals surface area contributed by atoms with Crippen LogP contribution in [0.5, 0.6) is 0 Å². The van der Waals surface area contributed by atoms with Crippen molar-refractivity contribution in [2.45, 2.75) is 113 Å². The zero-order valence-corrected chi connectivity index (χ0v) is 71.8. The average molecular weight is 1690 g/mol. The number of likely N-dealkylation sites (tertiary alicyclic amines) is 5. The molecule has 20 nitrogen and oxygen atoms in total. The van der Waals surface area contributed by atoms with E-state index in [-0.39, 0.29) is 89.8 Å². The Morgan fingerprint density at radius 1 is 0.421 bits per heavy atom. The second-order valence-electron chi connectivity index (χ2n) is 32.5. The van der Waals surface area contributed by atoms with Gasteiger partial charge in [-0.05, 0) is 75.3 Å². The summed E-state index contributed by atoms with van der Waals surface area (Å²) >= 11 is 0. The minimum Gasteiger partial charge on any atom is -0.479 e. The quantitative estimate of drug-likeness (QED) is 0.0236. The lowest BCUT2D eigenvalue weighted by Gasteiger charge is -2.48. The van der Waals surface area contributed by atoms with Crippen LogP contribution in [0.25, 0.3) is 4.85 Å². The topological polar surface area (TPSA) is 254 Å². The molecule has 0 atom stereocenters. The zero-order chi connectivity index (χ0) is 84.5. The molecule has 16 rings (SSSR count). The van der Waals surface area contributed by atoms with Gasteiger partial charge in [0.25, 0.3) is 0 Å². The third kappa shape index (κ3) is 26.8. The second-order valence-corrected chi connectivity index (χ2v) is 41.7. The maximum absolute atomic E-state index is 11.7. The fourth-order valence-electron chi connectivity index (χ4n) is 15.0. The smallest absolute Gasteiger partial charge is 0.353 e. The number of carboxylic acids is 1. The molecule has 121 heavy (non-hydrogen) atoms. The number of nitrogens with one attached hydrogen (secondary N) is 1. The molecule has 6 aliphatic rings. The molecule has 6 N–H and O–H groups in total. The number of rotatable bonds is 20. The number of carbonyl (C=O) groups excluding carboxylic acids is 3. The van der Waals surface area contributed by atoms with Crippen molar-refractivity contribution in [3.05, 3.63) is 370 Å². The van der Waals surface area contributed by atoms with Gasteiger partial charge in [0.05, 0.1) is 63.6 Å². The Morgan fingerprint density at radius 2 is 0.645 bits per heavy atom. The first-order chi connectivity index (χ1) is 56.6. The van der Waals surface area contributed by atoms with E-state index in [0.29, 0.717) is 45.1 Å². The van der Waals surface area contributed by atoms with Gasteiger partial charge in [0.2, 0.25) is 0 Å². The van der Waals surface area contributed by atoms with E-state index in [0.717, 1.165) is 35.3 Å². The number of carboxylic acid groups (broad SMARTS) is 1. The molecule has 0 amide bonds. The van der Waals surface area contributed by atoms with Crippen LogP contribution in [-0.2, 0) is 33.1 Å². The second kappa shape index (κ2) is 45.4. The molecule has 6 aliphatic heterocycles. The van der Waals surface area contributed by atoms with Gasteiger partial charge in [-0.15, -0.1) is 12.4 Å². The Labute approximate surface area is 723 Å². The molecule has 6 heterocycles. The zero-order valence-electron chi connectivity index (χ0n) is 68.9. The van der Waals surface area contributed by atoms with Crippen molar-refractivity contribution in [1.82, 2.24) is 29.8 Å². The van der Waals surface area contributed by atoms with Crippen molar-refractivity contribution in [3.8, 4) is 5.69 Å². The third-order valence-electron chi connectivity index (χ3n) is 20.8. The van der Waals surface area contributed by atoms with E-state index < -0.39 is 56.8 Å². The Kier molecular flexibility index (Phi) is 36.7. The molecular formula is C98H119ClN8O12Si2. The van der Waals surface area contributed by atoms with Gasteiger partial charge in [-0.1, -0.05) is 338 Å². The van der Waals surface area contributed by atoms with E-state index in [1.807, 2.05) is 182 Å². The Hall–Kier alpha value is -10.5. The summed E-state index contributed by atoms with van der Waals surface area (Å²) in [5.41, 5.74) is 9.38. The lowest BCUT2D eigenvalue weighted by Crippen LogP contribution is -2.66. The van der Waals surface area contributed by atoms with E-state index in [2.05, 4.69) is 210 Å². The van der Waals surface area contributed by atoms with Gasteiger partial charge in [0.15, 0.2) is 39.0 Å². The number of ketones is 1. The highest BCUT2D eigenvalue weighted by molar-refractivity contribution is 6.83. The summed E-state index contributed by atoms with van der Waals surface area (Å²) in [6, 6.07) is 103. The predicted molar refractivity (Wildman–Crippen MR) is 485 cm³/mol. The van der Waals surface area contributed by atoms with Crippen molar-refractivity contribution in [2.24, 2.45) is 0 Å². The number of hydrogen-bond donors (Lipinski definition) is 6. The van der Waals surface area contributed by atoms with Crippen LogP contribution in [0.15, 0.2) is 303 Å². The highest BCUT2D eigenvalue weighted by Gasteiger charge is 2.56. The minimum atomic E-state index is -1.75. The van der Waals surface area contributed by atoms with Crippen LogP contribution in [0, 0.1) is 17.5 Å². The number of carbonyl (C=O) groups is 4. The van der Waals surface area contributed by atoms with Crippen molar-refractivity contribution < 1.29 is 58.6 Å². The predicted octanol–water partition coefficient (Wildman–Crippen LogP) is 15.1. The summed E-state index contributed by atoms with van der Waals surface area (Å²) in [6.07, 6.45) is -0.167. The van der Waals surface area contributed by atoms with Crippen molar-refractivity contribution >= 4 is 52.5 Å². The molecule has 0 radical (unpaired) electrons. The molecule has 638 valence electrons. The van der Waals surface area contributed by atoms with E-state index in [9.17, 15) is 34.5 Å². The molecule has 10 aromatic rings. The molecule has 0 bridgehead atoms. The number of ether oxygens (including phenoxy) is 2. The summed E-state index contributed by atoms with van der Waals surface area (Å²) in [6.45, 7) is 25.5. The van der Waals surface area contributed by atoms with Gasteiger partial charge in [0, 0.05) is 58.1 Å². The van der Waals surface area contributed by atoms with Crippen LogP contribution in [0.4, 0.5) is 0 Å². The number of methoxy groups -OCH3 is 2. The fraction of sp³-hybridized carbons (Fsp3) is 0.327. The van der Waals surface area contributed by atoms with Crippen LogP contribution < -0.4 is 5.32 Å². The van der Waals surface area contributed by atoms with E-state index in [4.69, 9.17) is 26.5 Å². The monoisotopic (exact) mass is 1690 g/mol. The first-order valence-electron chi connectivity index (χ1n) is 39.8. The number of benzene rings is 10. The standard InChI is InChI=1S/C20H24N2OSi.C18H19NO3.C17H17NO3.C16H17NO.C16H15NO.C5H9NO3.C4H9NSi.2CH4.ClH/c1-21-20(23-24(2,3)4)15-22(16-20)19(17-11-7-5-8-12-17)18-13-9-6-10-14-18;1-22-17(20)18(21)12-19(13-18)16(14-8-4-2-5-9-14)15-10-6-3-7-11-15;19-16(20)17(21)11-18(12-17)15(13-7-3-1-4-8-13)14-9-5-2-6-10-14;2*18-15-11-17(12-15)16(13-7-3-1-4-8-13)14-9-5-2-6-10-14;1-9-4(7)5(8)2-6-3-5;1-6(2,3)4-5;;;/h5-14,19H,15-16H2,2-4H3;2-11,16,21H,12-13H2,1H3;1-10,15,21H,11-12H2,(H,19,20);1-10,15-16,18H,11-12H2;1-10,16H,11-12H2;6,8H,2-3H2,1H3;1-3H3;2*1H4;1H. The molecule has 0 saturated carbocycles. The number of aliphatic hydroxyl groups is 4. The highest BCUT2D eigenvalue weighted by atomic mass is 35.5. The number of aliphatic hydroxyl groups excluding tert-OH is 1. The molecule has 0 spiro atoms. The van der Waals surface area contributed by atoms with Crippen LogP contribution in [-0.4, -0.2) is 212 Å². The lowest BCUT2D eigenvalue weighted by molar-refractivity contribution is -0.184. The number of halogens is 1. The SMILES string of the molecule is C.C.COC(=O)C1(O)CN(C(c2ccccc2)c2ccccc2)C1.COC(=O)C1(O)CNC1.C[Si](C)(C)C#N.Cl.O=C(O)C1(O)CN(C(c2ccccc2)c2ccccc2)C1.O=C1CN(C(c2ccccc2)c2ccccc2)C1.OC1CN(C(c2ccccc2)c2ccccc2)C1.[C-]#[N+]C1(O[Si](C)(C)C)CN(C(c2ccccc2)c2ccccc2)C1. The first kappa shape index (κ1) is 97.7. The van der Waals surface area contributed by atoms with Gasteiger partial charge >= 0.3 is 23.6 Å². The molecule has 6 saturated heterocycles. The highest BCUT2D eigenvalue weighted by Crippen LogP contribution is 2.42. The number of nitrogens with zero attached hydrogens (tertiary/aromatic N) is 7. The Balaban J connectivity index is 0.000000199. The van der Waals surface area contributed by atoms with Crippen molar-refractivity contribution in [3.63, 3.8) is 0 Å². The average Bonchev–Trinajstić information content (AvgIpc) is 0.759. The van der Waals surface area contributed by atoms with E-state index in [1.165, 1.54) is 47.6 Å². The molecule has 0 aliphatic carbocycles. The van der Waals surface area contributed by atoms with Gasteiger partial charge in [0.1, 0.15) is 13.1 Å². The number of hydrogen-bond acceptors (Lipinski definition) is 18. The molecule has 10 aromatic carbocycles. The summed E-state index contributed by atoms with van der Waals surface area (Å²) in [7, 11) is -0.509. The van der Waals surface area contributed by atoms with Crippen LogP contribution in [0.3, 0.4) is 0 Å². The number of esters is 2. The maximum Gasteiger partial charge on any atom is 0.353 e. The number of Topliss-reactive ketones (excluding diaryl/α,β-unsaturated/α-hetero) is 1. The summed E-state index contributed by atoms with van der Waals surface area (Å²) < 4.78 is 15.2. The number of aliphatic carboxylic acids is 1. The van der Waals surface area contributed by atoms with Gasteiger partial charge in [-0.25, -0.2) is 26.2 Å². The fourth-order valence-corrected chi connectivity index (χ4v) is 16.3. The number of β-amino-alcohol motifs (C(OH)–C–C–N with tert-alkyl or cyclic N) is 4. The Morgan fingerprint density at radius 3 is 0.826 bits per heavy atom. The van der Waals surface area contributed by atoms with E-state index in [1.54, 1.807) is 0 Å². The molecule has 0 unspecified atom stereocenters. The third-order valence-corrected chi connectivity index (χ3v) is 22.4. The van der Waals surface area contributed by atoms with Gasteiger partial charge in [-0.2, -0.15) is 0 Å². The number of nitriles is 1. The molecule has 23 heteroatoms. The minimum absolute atomic E-state index is 0. The molecular weight excluding hydrogens is 1570 g/mol. The van der Waals surface area contributed by atoms with Crippen molar-refractivity contribution in [2.75, 3.05) is 92.8 Å². The molecule has 6 fully saturated rings. The largest absolute Gasteiger partial charge is 0.479 e. The van der Waals surface area contributed by atoms with Gasteiger partial charge < -0.3 is 44.7 Å². The lowest BCUT2D eigenvalue weighted by atomic mass is 9.87. The van der Waals surface area contributed by atoms with Crippen molar-refractivity contribution in [1.29, 1.82) is 5.26 Å². The first-order valence-corrected chi connectivity index (χ1v) is 46.7.